The maximum Gasteiger partial charge on any atom is 0.213 e. The second kappa shape index (κ2) is 9.70. The van der Waals surface area contributed by atoms with Gasteiger partial charge in [0.2, 0.25) is 10.0 Å². The van der Waals surface area contributed by atoms with Crippen LogP contribution in [-0.4, -0.2) is 71.7 Å². The summed E-state index contributed by atoms with van der Waals surface area (Å²) in [5, 5.41) is 15.5. The van der Waals surface area contributed by atoms with Gasteiger partial charge in [-0.25, -0.2) is 13.1 Å². The second-order valence-electron chi connectivity index (χ2n) is 7.09. The number of hydrogen-bond acceptors (Lipinski definition) is 5. The van der Waals surface area contributed by atoms with E-state index in [0.717, 1.165) is 19.3 Å². The van der Waals surface area contributed by atoms with Gasteiger partial charge in [-0.2, -0.15) is 0 Å². The summed E-state index contributed by atoms with van der Waals surface area (Å²) in [6.45, 7) is 2.94. The van der Waals surface area contributed by atoms with Crippen LogP contribution >= 0.6 is 0 Å². The molecule has 1 aliphatic carbocycles. The van der Waals surface area contributed by atoms with E-state index in [4.69, 9.17) is 4.74 Å². The summed E-state index contributed by atoms with van der Waals surface area (Å²) in [6, 6.07) is 0. The summed E-state index contributed by atoms with van der Waals surface area (Å²) >= 11 is 0. The Bertz CT molecular complexity index is 528. The highest BCUT2D eigenvalue weighted by Crippen LogP contribution is 2.31. The van der Waals surface area contributed by atoms with E-state index in [1.165, 1.54) is 6.42 Å². The SMILES string of the molecule is CN=C(NCCS(=O)(=O)NCC1CCC1)NCC1(CCO)CCOC1. The Morgan fingerprint density at radius 1 is 1.36 bits per heavy atom. The molecule has 1 saturated heterocycles. The topological polar surface area (TPSA) is 112 Å². The number of nitrogens with zero attached hydrogens (tertiary/aromatic N) is 1. The number of aliphatic hydroxyl groups excluding tert-OH is 1. The third-order valence-electron chi connectivity index (χ3n) is 5.16. The largest absolute Gasteiger partial charge is 0.396 e. The number of ether oxygens (including phenoxy) is 1. The molecule has 0 aromatic heterocycles. The van der Waals surface area contributed by atoms with Gasteiger partial charge in [-0.15, -0.1) is 0 Å². The number of aliphatic imine (C=N–C) groups is 1. The summed E-state index contributed by atoms with van der Waals surface area (Å²) in [5.74, 6) is 1.10. The molecular weight excluding hydrogens is 344 g/mol. The highest BCUT2D eigenvalue weighted by Gasteiger charge is 2.34. The molecule has 0 spiro atoms. The Kier molecular flexibility index (Phi) is 7.92. The fourth-order valence-corrected chi connectivity index (χ4v) is 4.13. The molecule has 25 heavy (non-hydrogen) atoms. The first kappa shape index (κ1) is 20.4. The zero-order valence-corrected chi connectivity index (χ0v) is 15.9. The maximum absolute atomic E-state index is 12.0. The van der Waals surface area contributed by atoms with Crippen molar-refractivity contribution < 1.29 is 18.3 Å². The van der Waals surface area contributed by atoms with E-state index in [-0.39, 0.29) is 17.8 Å². The van der Waals surface area contributed by atoms with Crippen molar-refractivity contribution in [2.75, 3.05) is 52.3 Å². The van der Waals surface area contributed by atoms with Gasteiger partial charge >= 0.3 is 0 Å². The van der Waals surface area contributed by atoms with Gasteiger partial charge in [0.1, 0.15) is 0 Å². The zero-order valence-electron chi connectivity index (χ0n) is 15.1. The molecule has 146 valence electrons. The summed E-state index contributed by atoms with van der Waals surface area (Å²) in [5.41, 5.74) is -0.0806. The van der Waals surface area contributed by atoms with Gasteiger partial charge in [-0.3, -0.25) is 4.99 Å². The van der Waals surface area contributed by atoms with E-state index < -0.39 is 10.0 Å². The van der Waals surface area contributed by atoms with Crippen molar-refractivity contribution in [3.8, 4) is 0 Å². The second-order valence-corrected chi connectivity index (χ2v) is 9.02. The predicted octanol–water partition coefficient (Wildman–Crippen LogP) is -0.340. The highest BCUT2D eigenvalue weighted by atomic mass is 32.2. The molecular formula is C16H32N4O4S. The van der Waals surface area contributed by atoms with Gasteiger partial charge in [-0.1, -0.05) is 6.42 Å². The smallest absolute Gasteiger partial charge is 0.213 e. The third-order valence-corrected chi connectivity index (χ3v) is 6.51. The van der Waals surface area contributed by atoms with E-state index in [0.29, 0.717) is 51.1 Å². The van der Waals surface area contributed by atoms with Crippen LogP contribution in [0.3, 0.4) is 0 Å². The van der Waals surface area contributed by atoms with Gasteiger partial charge in [0.25, 0.3) is 0 Å². The first-order valence-corrected chi connectivity index (χ1v) is 10.7. The number of rotatable bonds is 10. The number of aliphatic hydroxyl groups is 1. The quantitative estimate of drug-likeness (QED) is 0.307. The molecule has 0 bridgehead atoms. The Balaban J connectivity index is 1.68. The fourth-order valence-electron chi connectivity index (χ4n) is 3.12. The van der Waals surface area contributed by atoms with Crippen molar-refractivity contribution in [1.82, 2.24) is 15.4 Å². The van der Waals surface area contributed by atoms with Crippen LogP contribution < -0.4 is 15.4 Å². The number of sulfonamides is 1. The lowest BCUT2D eigenvalue weighted by molar-refractivity contribution is 0.127. The Hall–Kier alpha value is -0.900. The van der Waals surface area contributed by atoms with Crippen molar-refractivity contribution in [3.63, 3.8) is 0 Å². The minimum Gasteiger partial charge on any atom is -0.396 e. The lowest BCUT2D eigenvalue weighted by Crippen LogP contribution is -2.46. The van der Waals surface area contributed by atoms with Crippen LogP contribution in [0.25, 0.3) is 0 Å². The van der Waals surface area contributed by atoms with Crippen molar-refractivity contribution in [2.45, 2.75) is 32.1 Å². The van der Waals surface area contributed by atoms with Crippen LogP contribution in [0.4, 0.5) is 0 Å². The first-order chi connectivity index (χ1) is 12.0. The molecule has 0 radical (unpaired) electrons. The summed E-state index contributed by atoms with van der Waals surface area (Å²) in [6.07, 6.45) is 5.03. The molecule has 2 fully saturated rings. The Morgan fingerprint density at radius 3 is 2.72 bits per heavy atom. The monoisotopic (exact) mass is 376 g/mol. The van der Waals surface area contributed by atoms with Crippen LogP contribution in [0, 0.1) is 11.3 Å². The summed E-state index contributed by atoms with van der Waals surface area (Å²) in [7, 11) is -1.60. The first-order valence-electron chi connectivity index (χ1n) is 9.09. The highest BCUT2D eigenvalue weighted by molar-refractivity contribution is 7.89. The Morgan fingerprint density at radius 2 is 2.16 bits per heavy atom. The molecule has 1 aliphatic heterocycles. The van der Waals surface area contributed by atoms with Gasteiger partial charge in [0.15, 0.2) is 5.96 Å². The van der Waals surface area contributed by atoms with Gasteiger partial charge in [0.05, 0.1) is 12.4 Å². The van der Waals surface area contributed by atoms with Gasteiger partial charge < -0.3 is 20.5 Å². The van der Waals surface area contributed by atoms with E-state index in [1.54, 1.807) is 7.05 Å². The minimum atomic E-state index is -3.26. The summed E-state index contributed by atoms with van der Waals surface area (Å²) in [4.78, 5) is 4.13. The maximum atomic E-state index is 12.0. The van der Waals surface area contributed by atoms with Crippen molar-refractivity contribution in [2.24, 2.45) is 16.3 Å². The number of hydrogen-bond donors (Lipinski definition) is 4. The third kappa shape index (κ3) is 6.73. The van der Waals surface area contributed by atoms with Crippen LogP contribution in [-0.2, 0) is 14.8 Å². The van der Waals surface area contributed by atoms with E-state index in [9.17, 15) is 13.5 Å². The number of nitrogens with one attached hydrogen (secondary N) is 3. The molecule has 1 saturated carbocycles. The minimum absolute atomic E-state index is 0.0192. The average Bonchev–Trinajstić information content (AvgIpc) is 2.98. The molecule has 0 aromatic carbocycles. The standard InChI is InChI=1S/C16H32N4O4S/c1-17-15(19-12-16(5-8-21)6-9-24-13-16)18-7-10-25(22,23)20-11-14-3-2-4-14/h14,20-21H,2-13H2,1H3,(H2,17,18,19). The van der Waals surface area contributed by atoms with Crippen LogP contribution in [0.15, 0.2) is 4.99 Å². The van der Waals surface area contributed by atoms with Gasteiger partial charge in [0, 0.05) is 45.3 Å². The molecule has 4 N–H and O–H groups in total. The van der Waals surface area contributed by atoms with E-state index in [2.05, 4.69) is 20.3 Å². The summed E-state index contributed by atoms with van der Waals surface area (Å²) < 4.78 is 32.1. The molecule has 9 heteroatoms. The Labute approximate surface area is 150 Å². The molecule has 2 rings (SSSR count). The van der Waals surface area contributed by atoms with E-state index in [1.807, 2.05) is 0 Å². The average molecular weight is 377 g/mol. The molecule has 1 unspecified atom stereocenters. The molecule has 1 heterocycles. The molecule has 0 aromatic rings. The number of guanidine groups is 1. The van der Waals surface area contributed by atoms with Crippen LogP contribution in [0.5, 0.6) is 0 Å². The fraction of sp³-hybridized carbons (Fsp3) is 0.938. The van der Waals surface area contributed by atoms with Crippen molar-refractivity contribution in [3.05, 3.63) is 0 Å². The normalized spacial score (nSPS) is 25.0. The lowest BCUT2D eigenvalue weighted by Gasteiger charge is -2.27. The molecule has 0 amide bonds. The molecule has 1 atom stereocenters. The van der Waals surface area contributed by atoms with Crippen LogP contribution in [0.2, 0.25) is 0 Å². The van der Waals surface area contributed by atoms with Crippen molar-refractivity contribution >= 4 is 16.0 Å². The van der Waals surface area contributed by atoms with Crippen LogP contribution in [0.1, 0.15) is 32.1 Å². The lowest BCUT2D eigenvalue weighted by atomic mass is 9.84. The van der Waals surface area contributed by atoms with E-state index >= 15 is 0 Å². The molecule has 2 aliphatic rings. The predicted molar refractivity (Wildman–Crippen MR) is 98.1 cm³/mol. The zero-order chi connectivity index (χ0) is 18.2. The van der Waals surface area contributed by atoms with Crippen molar-refractivity contribution in [1.29, 1.82) is 0 Å². The molecule has 8 nitrogen and oxygen atoms in total. The van der Waals surface area contributed by atoms with Gasteiger partial charge in [-0.05, 0) is 31.6 Å².